The highest BCUT2D eigenvalue weighted by molar-refractivity contribution is 6.27. The highest BCUT2D eigenvalue weighted by Crippen LogP contribution is 2.44. The van der Waals surface area contributed by atoms with E-state index in [-0.39, 0.29) is 10.8 Å². The smallest absolute Gasteiger partial charge is 0.00206 e. The average Bonchev–Trinajstić information content (AvgIpc) is 3.11. The minimum atomic E-state index is 0.104. The number of hydrogen-bond acceptors (Lipinski definition) is 0. The highest BCUT2D eigenvalue weighted by atomic mass is 14.2. The topological polar surface area (TPSA) is 0 Å². The Morgan fingerprint density at radius 3 is 1.02 bits per heavy atom. The molecule has 10 aromatic carbocycles. The van der Waals surface area contributed by atoms with E-state index in [9.17, 15) is 0 Å². The molecule has 240 valence electrons. The molecular formula is C50H40. The van der Waals surface area contributed by atoms with Gasteiger partial charge in [0.15, 0.2) is 0 Å². The van der Waals surface area contributed by atoms with E-state index in [1.54, 1.807) is 0 Å². The van der Waals surface area contributed by atoms with Crippen LogP contribution in [0.1, 0.15) is 52.7 Å². The fraction of sp³-hybridized carbons (Fsp3) is 0.160. The van der Waals surface area contributed by atoms with Gasteiger partial charge in [-0.3, -0.25) is 0 Å². The number of hydrogen-bond donors (Lipinski definition) is 0. The van der Waals surface area contributed by atoms with Crippen LogP contribution in [0.25, 0.3) is 97.7 Å². The lowest BCUT2D eigenvalue weighted by molar-refractivity contribution is 0.591. The summed E-state index contributed by atoms with van der Waals surface area (Å²) in [6.45, 7) is 13.8. The molecule has 0 saturated carbocycles. The first-order chi connectivity index (χ1) is 24.0. The Bertz CT molecular complexity index is 2740. The van der Waals surface area contributed by atoms with Crippen LogP contribution in [0.15, 0.2) is 133 Å². The van der Waals surface area contributed by atoms with Crippen LogP contribution in [0.4, 0.5) is 0 Å². The van der Waals surface area contributed by atoms with Gasteiger partial charge in [0.1, 0.15) is 0 Å². The molecule has 0 aliphatic rings. The van der Waals surface area contributed by atoms with E-state index in [1.807, 2.05) is 0 Å². The monoisotopic (exact) mass is 640 g/mol. The van der Waals surface area contributed by atoms with E-state index in [4.69, 9.17) is 0 Å². The van der Waals surface area contributed by atoms with Crippen molar-refractivity contribution in [2.45, 2.75) is 52.4 Å². The van der Waals surface area contributed by atoms with Crippen LogP contribution in [0.5, 0.6) is 0 Å². The number of benzene rings is 10. The van der Waals surface area contributed by atoms with Crippen molar-refractivity contribution in [1.29, 1.82) is 0 Å². The first kappa shape index (κ1) is 29.5. The predicted molar refractivity (Wildman–Crippen MR) is 220 cm³/mol. The molecule has 0 saturated heterocycles. The molecule has 0 fully saturated rings. The van der Waals surface area contributed by atoms with E-state index >= 15 is 0 Å². The molecule has 0 aliphatic carbocycles. The molecule has 0 amide bonds. The summed E-state index contributed by atoms with van der Waals surface area (Å²) in [6, 6.07) is 51.4. The van der Waals surface area contributed by atoms with Gasteiger partial charge >= 0.3 is 0 Å². The standard InChI is InChI=1S/C50H40/c1-49(2,3)39-25-34-13-9-30-15-19-41(43-21-17-36(27-39)45(34)47(30)43)32-11-7-29-8-12-33(24-38(29)23-32)42-20-16-31-10-14-35-26-40(50(4,5)6)28-37-18-22-44(42)48(31)46(35)37/h7-28H,1-6H3. The fourth-order valence-electron chi connectivity index (χ4n) is 8.59. The van der Waals surface area contributed by atoms with Crippen LogP contribution in [0, 0.1) is 0 Å². The predicted octanol–water partition coefficient (Wildman–Crippen LogP) is 14.6. The van der Waals surface area contributed by atoms with E-state index in [0.29, 0.717) is 0 Å². The molecule has 0 aromatic heterocycles. The van der Waals surface area contributed by atoms with Crippen LogP contribution in [-0.4, -0.2) is 0 Å². The third kappa shape index (κ3) is 4.31. The van der Waals surface area contributed by atoms with Gasteiger partial charge in [0, 0.05) is 0 Å². The average molecular weight is 641 g/mol. The molecule has 0 N–H and O–H groups in total. The molecule has 0 heterocycles. The minimum absolute atomic E-state index is 0.104. The van der Waals surface area contributed by atoms with Crippen LogP contribution >= 0.6 is 0 Å². The van der Waals surface area contributed by atoms with Crippen molar-refractivity contribution in [3.63, 3.8) is 0 Å². The normalized spacial score (nSPS) is 13.0. The van der Waals surface area contributed by atoms with Gasteiger partial charge in [-0.1, -0.05) is 163 Å². The zero-order valence-corrected chi connectivity index (χ0v) is 29.7. The molecule has 10 rings (SSSR count). The lowest BCUT2D eigenvalue weighted by Crippen LogP contribution is -2.10. The summed E-state index contributed by atoms with van der Waals surface area (Å²) in [6.07, 6.45) is 0. The Kier molecular flexibility index (Phi) is 5.92. The maximum Gasteiger partial charge on any atom is -0.00206 e. The molecule has 0 aliphatic heterocycles. The van der Waals surface area contributed by atoms with Gasteiger partial charge in [0.05, 0.1) is 0 Å². The first-order valence-electron chi connectivity index (χ1n) is 18.0. The molecule has 0 unspecified atom stereocenters. The van der Waals surface area contributed by atoms with Crippen molar-refractivity contribution in [3.05, 3.63) is 145 Å². The Balaban J connectivity index is 1.13. The SMILES string of the molecule is CC(C)(C)c1cc2ccc3ccc(-c4ccc5ccc(-c6ccc7ccc8cc(C(C)(C)C)cc9ccc6c7c89)cc5c4)c4ccc(c1)c2c34. The van der Waals surface area contributed by atoms with Gasteiger partial charge in [-0.15, -0.1) is 0 Å². The van der Waals surface area contributed by atoms with Crippen molar-refractivity contribution in [2.75, 3.05) is 0 Å². The quantitative estimate of drug-likeness (QED) is 0.165. The summed E-state index contributed by atoms with van der Waals surface area (Å²) < 4.78 is 0. The van der Waals surface area contributed by atoms with Crippen molar-refractivity contribution < 1.29 is 0 Å². The molecule has 10 aromatic rings. The van der Waals surface area contributed by atoms with Crippen LogP contribution in [-0.2, 0) is 10.8 Å². The van der Waals surface area contributed by atoms with Crippen molar-refractivity contribution >= 4 is 75.4 Å². The largest absolute Gasteiger partial charge is 0.0561 e. The lowest BCUT2D eigenvalue weighted by Gasteiger charge is -2.22. The molecule has 0 heteroatoms. The first-order valence-corrected chi connectivity index (χ1v) is 18.0. The zero-order chi connectivity index (χ0) is 34.1. The summed E-state index contributed by atoms with van der Waals surface area (Å²) in [7, 11) is 0. The molecule has 0 nitrogen and oxygen atoms in total. The maximum atomic E-state index is 2.40. The van der Waals surface area contributed by atoms with E-state index in [0.717, 1.165) is 0 Å². The summed E-state index contributed by atoms with van der Waals surface area (Å²) in [5, 5.41) is 18.6. The second-order valence-corrected chi connectivity index (χ2v) is 16.7. The van der Waals surface area contributed by atoms with E-state index < -0.39 is 0 Å². The molecule has 0 spiro atoms. The second-order valence-electron chi connectivity index (χ2n) is 16.7. The Hall–Kier alpha value is -5.46. The maximum absolute atomic E-state index is 2.40. The summed E-state index contributed by atoms with van der Waals surface area (Å²) in [4.78, 5) is 0. The van der Waals surface area contributed by atoms with E-state index in [2.05, 4.69) is 175 Å². The van der Waals surface area contributed by atoms with Crippen molar-refractivity contribution in [2.24, 2.45) is 0 Å². The molecular weight excluding hydrogens is 601 g/mol. The number of fused-ring (bicyclic) bond motifs is 1. The number of rotatable bonds is 2. The van der Waals surface area contributed by atoms with Gasteiger partial charge in [-0.2, -0.15) is 0 Å². The van der Waals surface area contributed by atoms with Gasteiger partial charge in [0.2, 0.25) is 0 Å². The Morgan fingerprint density at radius 1 is 0.280 bits per heavy atom. The van der Waals surface area contributed by atoms with E-state index in [1.165, 1.54) is 109 Å². The summed E-state index contributed by atoms with van der Waals surface area (Å²) >= 11 is 0. The Morgan fingerprint density at radius 2 is 0.620 bits per heavy atom. The third-order valence-corrected chi connectivity index (χ3v) is 11.4. The van der Waals surface area contributed by atoms with Gasteiger partial charge in [-0.25, -0.2) is 0 Å². The Labute approximate surface area is 293 Å². The third-order valence-electron chi connectivity index (χ3n) is 11.4. The van der Waals surface area contributed by atoms with Crippen molar-refractivity contribution in [3.8, 4) is 22.3 Å². The fourth-order valence-corrected chi connectivity index (χ4v) is 8.59. The summed E-state index contributed by atoms with van der Waals surface area (Å²) in [5.41, 5.74) is 8.07. The molecule has 50 heavy (non-hydrogen) atoms. The van der Waals surface area contributed by atoms with Crippen LogP contribution in [0.2, 0.25) is 0 Å². The van der Waals surface area contributed by atoms with Crippen LogP contribution in [0.3, 0.4) is 0 Å². The van der Waals surface area contributed by atoms with Gasteiger partial charge in [0.25, 0.3) is 0 Å². The van der Waals surface area contributed by atoms with Gasteiger partial charge in [-0.05, 0) is 132 Å². The van der Waals surface area contributed by atoms with Crippen molar-refractivity contribution in [1.82, 2.24) is 0 Å². The van der Waals surface area contributed by atoms with Gasteiger partial charge < -0.3 is 0 Å². The molecule has 0 radical (unpaired) electrons. The molecule has 0 bridgehead atoms. The molecule has 0 atom stereocenters. The highest BCUT2D eigenvalue weighted by Gasteiger charge is 2.20. The zero-order valence-electron chi connectivity index (χ0n) is 29.7. The lowest BCUT2D eigenvalue weighted by atomic mass is 9.82. The summed E-state index contributed by atoms with van der Waals surface area (Å²) in [5.74, 6) is 0. The minimum Gasteiger partial charge on any atom is -0.0561 e. The van der Waals surface area contributed by atoms with Crippen LogP contribution < -0.4 is 0 Å². The second kappa shape index (κ2) is 10.1.